The molecule has 1 atom stereocenters. The maximum absolute atomic E-state index is 12.1. The fraction of sp³-hybridized carbons (Fsp3) is 0.188. The zero-order valence-corrected chi connectivity index (χ0v) is 12.0. The largest absolute Gasteiger partial charge is 0.344 e. The molecule has 2 N–H and O–H groups in total. The molecule has 1 aromatic carbocycles. The molecule has 2 aromatic rings. The third kappa shape index (κ3) is 4.14. The highest BCUT2D eigenvalue weighted by atomic mass is 16.2. The average molecular weight is 283 g/mol. The van der Waals surface area contributed by atoms with E-state index in [1.54, 1.807) is 30.5 Å². The highest BCUT2D eigenvalue weighted by molar-refractivity contribution is 5.95. The summed E-state index contributed by atoms with van der Waals surface area (Å²) < 4.78 is 0. The average Bonchev–Trinajstić information content (AvgIpc) is 2.48. The number of benzene rings is 1. The molecule has 1 aromatic heterocycles. The predicted molar refractivity (Wildman–Crippen MR) is 80.9 cm³/mol. The third-order valence-electron chi connectivity index (χ3n) is 2.95. The molecule has 0 fully saturated rings. The van der Waals surface area contributed by atoms with Gasteiger partial charge in [0.25, 0.3) is 5.91 Å². The standard InChI is InChI=1S/C16H17N3O2/c1-11(15-5-3-4-10-17-15)18-16(21)13-6-8-14(9-7-13)19-12(2)20/h3-11H,1-2H3,(H,18,21)(H,19,20)/t11-/m0/s1. The van der Waals surface area contributed by atoms with Crippen LogP contribution in [0.5, 0.6) is 0 Å². The molecule has 0 radical (unpaired) electrons. The molecule has 0 aliphatic heterocycles. The molecule has 5 heteroatoms. The van der Waals surface area contributed by atoms with E-state index < -0.39 is 0 Å². The van der Waals surface area contributed by atoms with Gasteiger partial charge in [-0.1, -0.05) is 6.07 Å². The number of nitrogens with zero attached hydrogens (tertiary/aromatic N) is 1. The lowest BCUT2D eigenvalue weighted by Crippen LogP contribution is -2.27. The molecule has 0 saturated carbocycles. The van der Waals surface area contributed by atoms with Crippen LogP contribution in [0.4, 0.5) is 5.69 Å². The summed E-state index contributed by atoms with van der Waals surface area (Å²) >= 11 is 0. The van der Waals surface area contributed by atoms with Crippen molar-refractivity contribution in [3.63, 3.8) is 0 Å². The molecule has 21 heavy (non-hydrogen) atoms. The summed E-state index contributed by atoms with van der Waals surface area (Å²) in [6, 6.07) is 12.1. The van der Waals surface area contributed by atoms with E-state index in [4.69, 9.17) is 0 Å². The summed E-state index contributed by atoms with van der Waals surface area (Å²) in [6.45, 7) is 3.32. The van der Waals surface area contributed by atoms with Crippen LogP contribution < -0.4 is 10.6 Å². The van der Waals surface area contributed by atoms with Crippen LogP contribution in [0.15, 0.2) is 48.7 Å². The zero-order valence-electron chi connectivity index (χ0n) is 12.0. The number of nitrogens with one attached hydrogen (secondary N) is 2. The Morgan fingerprint density at radius 3 is 2.38 bits per heavy atom. The van der Waals surface area contributed by atoms with Crippen molar-refractivity contribution in [1.82, 2.24) is 10.3 Å². The number of rotatable bonds is 4. The Morgan fingerprint density at radius 1 is 1.10 bits per heavy atom. The summed E-state index contributed by atoms with van der Waals surface area (Å²) in [5, 5.41) is 5.54. The van der Waals surface area contributed by atoms with Crippen LogP contribution in [0.25, 0.3) is 0 Å². The normalized spacial score (nSPS) is 11.5. The van der Waals surface area contributed by atoms with Gasteiger partial charge in [-0.2, -0.15) is 0 Å². The van der Waals surface area contributed by atoms with Crippen molar-refractivity contribution >= 4 is 17.5 Å². The third-order valence-corrected chi connectivity index (χ3v) is 2.95. The van der Waals surface area contributed by atoms with E-state index in [1.165, 1.54) is 6.92 Å². The van der Waals surface area contributed by atoms with Crippen LogP contribution in [0.2, 0.25) is 0 Å². The first-order valence-corrected chi connectivity index (χ1v) is 6.65. The van der Waals surface area contributed by atoms with Crippen LogP contribution in [0, 0.1) is 0 Å². The lowest BCUT2D eigenvalue weighted by atomic mass is 10.1. The van der Waals surface area contributed by atoms with E-state index in [0.29, 0.717) is 11.3 Å². The van der Waals surface area contributed by atoms with E-state index in [-0.39, 0.29) is 17.9 Å². The van der Waals surface area contributed by atoms with Gasteiger partial charge in [0.05, 0.1) is 11.7 Å². The maximum atomic E-state index is 12.1. The Kier molecular flexibility index (Phi) is 4.66. The minimum Gasteiger partial charge on any atom is -0.344 e. The van der Waals surface area contributed by atoms with Crippen molar-refractivity contribution < 1.29 is 9.59 Å². The number of hydrogen-bond acceptors (Lipinski definition) is 3. The quantitative estimate of drug-likeness (QED) is 0.905. The molecule has 0 aliphatic carbocycles. The molecule has 0 saturated heterocycles. The van der Waals surface area contributed by atoms with Crippen molar-refractivity contribution in [3.05, 3.63) is 59.9 Å². The van der Waals surface area contributed by atoms with Crippen LogP contribution in [0.3, 0.4) is 0 Å². The van der Waals surface area contributed by atoms with Gasteiger partial charge in [-0.25, -0.2) is 0 Å². The molecular weight excluding hydrogens is 266 g/mol. The van der Waals surface area contributed by atoms with Crippen LogP contribution >= 0.6 is 0 Å². The number of pyridine rings is 1. The smallest absolute Gasteiger partial charge is 0.251 e. The van der Waals surface area contributed by atoms with E-state index in [2.05, 4.69) is 15.6 Å². The van der Waals surface area contributed by atoms with Crippen molar-refractivity contribution in [1.29, 1.82) is 0 Å². The molecule has 0 spiro atoms. The first kappa shape index (κ1) is 14.7. The first-order valence-electron chi connectivity index (χ1n) is 6.65. The van der Waals surface area contributed by atoms with Crippen molar-refractivity contribution in [2.75, 3.05) is 5.32 Å². The van der Waals surface area contributed by atoms with Crippen LogP contribution in [-0.2, 0) is 4.79 Å². The number of aromatic nitrogens is 1. The molecule has 2 rings (SSSR count). The number of carbonyl (C=O) groups excluding carboxylic acids is 2. The van der Waals surface area contributed by atoms with E-state index >= 15 is 0 Å². The monoisotopic (exact) mass is 283 g/mol. The van der Waals surface area contributed by atoms with Gasteiger partial charge in [0.15, 0.2) is 0 Å². The van der Waals surface area contributed by atoms with Gasteiger partial charge < -0.3 is 10.6 Å². The molecule has 0 unspecified atom stereocenters. The minimum absolute atomic E-state index is 0.143. The Bertz CT molecular complexity index is 624. The number of hydrogen-bond donors (Lipinski definition) is 2. The highest BCUT2D eigenvalue weighted by Crippen LogP contribution is 2.12. The van der Waals surface area contributed by atoms with Crippen LogP contribution in [-0.4, -0.2) is 16.8 Å². The molecule has 5 nitrogen and oxygen atoms in total. The minimum atomic E-state index is -0.178. The topological polar surface area (TPSA) is 71.1 Å². The van der Waals surface area contributed by atoms with Crippen LogP contribution in [0.1, 0.15) is 35.9 Å². The molecular formula is C16H17N3O2. The van der Waals surface area contributed by atoms with Gasteiger partial charge in [-0.15, -0.1) is 0 Å². The number of anilines is 1. The van der Waals surface area contributed by atoms with Crippen molar-refractivity contribution in [2.24, 2.45) is 0 Å². The maximum Gasteiger partial charge on any atom is 0.251 e. The van der Waals surface area contributed by atoms with Gasteiger partial charge in [-0.3, -0.25) is 14.6 Å². The summed E-state index contributed by atoms with van der Waals surface area (Å²) in [5.41, 5.74) is 2.00. The second kappa shape index (κ2) is 6.65. The number of amides is 2. The molecule has 108 valence electrons. The van der Waals surface area contributed by atoms with Gasteiger partial charge in [0, 0.05) is 24.4 Å². The molecule has 1 heterocycles. The Balaban J connectivity index is 2.01. The summed E-state index contributed by atoms with van der Waals surface area (Å²) in [4.78, 5) is 27.3. The number of carbonyl (C=O) groups is 2. The summed E-state index contributed by atoms with van der Waals surface area (Å²) in [6.07, 6.45) is 1.69. The van der Waals surface area contributed by atoms with Gasteiger partial charge in [0.1, 0.15) is 0 Å². The molecule has 2 amide bonds. The second-order valence-corrected chi connectivity index (χ2v) is 4.71. The lowest BCUT2D eigenvalue weighted by molar-refractivity contribution is -0.114. The Labute approximate surface area is 123 Å². The van der Waals surface area contributed by atoms with E-state index in [1.807, 2.05) is 25.1 Å². The fourth-order valence-electron chi connectivity index (χ4n) is 1.89. The molecule has 0 aliphatic rings. The Morgan fingerprint density at radius 2 is 1.81 bits per heavy atom. The van der Waals surface area contributed by atoms with Crippen molar-refractivity contribution in [3.8, 4) is 0 Å². The van der Waals surface area contributed by atoms with E-state index in [9.17, 15) is 9.59 Å². The van der Waals surface area contributed by atoms with Gasteiger partial charge in [-0.05, 0) is 43.3 Å². The predicted octanol–water partition coefficient (Wildman–Crippen LogP) is 2.53. The fourth-order valence-corrected chi connectivity index (χ4v) is 1.89. The summed E-state index contributed by atoms with van der Waals surface area (Å²) in [7, 11) is 0. The van der Waals surface area contributed by atoms with E-state index in [0.717, 1.165) is 5.69 Å². The second-order valence-electron chi connectivity index (χ2n) is 4.71. The van der Waals surface area contributed by atoms with Gasteiger partial charge in [0.2, 0.25) is 5.91 Å². The lowest BCUT2D eigenvalue weighted by Gasteiger charge is -2.13. The highest BCUT2D eigenvalue weighted by Gasteiger charge is 2.12. The first-order chi connectivity index (χ1) is 10.1. The SMILES string of the molecule is CC(=O)Nc1ccc(C(=O)N[C@@H](C)c2ccccn2)cc1. The van der Waals surface area contributed by atoms with Crippen molar-refractivity contribution in [2.45, 2.75) is 19.9 Å². The summed E-state index contributed by atoms with van der Waals surface area (Å²) in [5.74, 6) is -0.321. The Hall–Kier alpha value is -2.69. The molecule has 0 bridgehead atoms. The van der Waals surface area contributed by atoms with Gasteiger partial charge >= 0.3 is 0 Å². The zero-order chi connectivity index (χ0) is 15.2.